The lowest BCUT2D eigenvalue weighted by Crippen LogP contribution is -2.30. The standard InChI is InChI=1S/C24H27F5N8O2/c25-23(26)6-3-12(4-7-23)18(20-21(22(30)39)35-36-34-20)15-11-37-16(32-15)9-14(10-31-37)19(13-1-2-13)33-17(38)5-8-24(27,28)29/h9-13,18-19H,1-8H2,(H2,30,39)(H,33,38)(H,34,35,36)/t18-,19+/m0/s1. The number of primary amides is 1. The van der Waals surface area contributed by atoms with Gasteiger partial charge in [0.1, 0.15) is 5.69 Å². The van der Waals surface area contributed by atoms with Crippen LogP contribution in [0.2, 0.25) is 0 Å². The number of nitrogens with two attached hydrogens (primary N) is 1. The van der Waals surface area contributed by atoms with Gasteiger partial charge in [0.25, 0.3) is 5.91 Å². The molecular formula is C24H27F5N8O2. The van der Waals surface area contributed by atoms with Crippen molar-refractivity contribution in [3.05, 3.63) is 41.1 Å². The molecule has 0 aliphatic heterocycles. The average molecular weight is 555 g/mol. The van der Waals surface area contributed by atoms with Crippen molar-refractivity contribution in [2.45, 2.75) is 75.4 Å². The highest BCUT2D eigenvalue weighted by atomic mass is 19.4. The molecule has 0 spiro atoms. The number of imidazole rings is 1. The molecule has 10 nitrogen and oxygen atoms in total. The Kier molecular flexibility index (Phi) is 7.01. The number of H-pyrrole nitrogens is 1. The quantitative estimate of drug-likeness (QED) is 0.343. The van der Waals surface area contributed by atoms with E-state index in [9.17, 15) is 31.5 Å². The Morgan fingerprint density at radius 3 is 2.51 bits per heavy atom. The first-order valence-electron chi connectivity index (χ1n) is 12.7. The van der Waals surface area contributed by atoms with Gasteiger partial charge >= 0.3 is 6.18 Å². The van der Waals surface area contributed by atoms with E-state index in [1.807, 2.05) is 0 Å². The maximum Gasteiger partial charge on any atom is 0.389 e. The lowest BCUT2D eigenvalue weighted by atomic mass is 9.75. The van der Waals surface area contributed by atoms with Crippen LogP contribution in [0.15, 0.2) is 18.5 Å². The number of nitrogens with one attached hydrogen (secondary N) is 2. The number of hydrogen-bond acceptors (Lipinski definition) is 6. The first kappa shape index (κ1) is 26.9. The fraction of sp³-hybridized carbons (Fsp3) is 0.583. The molecule has 0 radical (unpaired) electrons. The Balaban J connectivity index is 1.44. The number of fused-ring (bicyclic) bond motifs is 1. The maximum absolute atomic E-state index is 13.9. The minimum atomic E-state index is -4.43. The molecule has 0 saturated heterocycles. The van der Waals surface area contributed by atoms with Gasteiger partial charge in [-0.05, 0) is 49.1 Å². The number of hydrogen-bond donors (Lipinski definition) is 3. The summed E-state index contributed by atoms with van der Waals surface area (Å²) in [5, 5.41) is 17.4. The second-order valence-electron chi connectivity index (χ2n) is 10.3. The molecule has 4 N–H and O–H groups in total. The third-order valence-corrected chi connectivity index (χ3v) is 7.42. The topological polar surface area (TPSA) is 144 Å². The van der Waals surface area contributed by atoms with Crippen molar-refractivity contribution < 1.29 is 31.5 Å². The van der Waals surface area contributed by atoms with Crippen molar-refractivity contribution in [3.8, 4) is 0 Å². The SMILES string of the molecule is NC(=O)c1n[nH]nc1[C@H](c1cn2ncc([C@H](NC(=O)CCC(F)(F)F)C3CC3)cc2n1)C1CCC(F)(F)CC1. The minimum absolute atomic E-state index is 0.0726. The summed E-state index contributed by atoms with van der Waals surface area (Å²) >= 11 is 0. The molecule has 3 aromatic heterocycles. The minimum Gasteiger partial charge on any atom is -0.364 e. The summed E-state index contributed by atoms with van der Waals surface area (Å²) in [7, 11) is 0. The molecule has 3 aromatic rings. The molecule has 2 atom stereocenters. The van der Waals surface area contributed by atoms with E-state index in [0.717, 1.165) is 12.8 Å². The predicted molar refractivity (Wildman–Crippen MR) is 126 cm³/mol. The molecule has 0 aromatic carbocycles. The van der Waals surface area contributed by atoms with Crippen molar-refractivity contribution in [1.29, 1.82) is 0 Å². The zero-order valence-electron chi connectivity index (χ0n) is 20.7. The molecule has 210 valence electrons. The van der Waals surface area contributed by atoms with Gasteiger partial charge in [-0.15, -0.1) is 0 Å². The van der Waals surface area contributed by atoms with Gasteiger partial charge in [0, 0.05) is 19.3 Å². The largest absolute Gasteiger partial charge is 0.389 e. The average Bonchev–Trinajstić information content (AvgIpc) is 3.43. The van der Waals surface area contributed by atoms with Gasteiger partial charge in [0.15, 0.2) is 11.3 Å². The number of carbonyl (C=O) groups is 2. The van der Waals surface area contributed by atoms with Gasteiger partial charge < -0.3 is 11.1 Å². The summed E-state index contributed by atoms with van der Waals surface area (Å²) < 4.78 is 67.0. The highest BCUT2D eigenvalue weighted by Gasteiger charge is 2.41. The molecule has 2 aliphatic rings. The van der Waals surface area contributed by atoms with E-state index >= 15 is 0 Å². The van der Waals surface area contributed by atoms with E-state index in [-0.39, 0.29) is 48.9 Å². The van der Waals surface area contributed by atoms with Gasteiger partial charge in [-0.3, -0.25) is 9.59 Å². The van der Waals surface area contributed by atoms with E-state index in [0.29, 0.717) is 16.9 Å². The smallest absolute Gasteiger partial charge is 0.364 e. The summed E-state index contributed by atoms with van der Waals surface area (Å²) in [5.41, 5.74) is 7.01. The van der Waals surface area contributed by atoms with Gasteiger partial charge in [-0.1, -0.05) is 0 Å². The molecule has 15 heteroatoms. The zero-order chi connectivity index (χ0) is 27.9. The highest BCUT2D eigenvalue weighted by molar-refractivity contribution is 5.92. The first-order valence-corrected chi connectivity index (χ1v) is 12.7. The van der Waals surface area contributed by atoms with Crippen LogP contribution in [0.4, 0.5) is 22.0 Å². The van der Waals surface area contributed by atoms with Gasteiger partial charge in [0.2, 0.25) is 11.8 Å². The highest BCUT2D eigenvalue weighted by Crippen LogP contribution is 2.45. The Morgan fingerprint density at radius 2 is 1.87 bits per heavy atom. The van der Waals surface area contributed by atoms with E-state index < -0.39 is 48.7 Å². The van der Waals surface area contributed by atoms with Crippen molar-refractivity contribution in [2.24, 2.45) is 17.6 Å². The molecule has 2 aliphatic carbocycles. The van der Waals surface area contributed by atoms with Gasteiger partial charge in [-0.25, -0.2) is 18.3 Å². The van der Waals surface area contributed by atoms with Gasteiger partial charge in [0.05, 0.1) is 36.5 Å². The summed E-state index contributed by atoms with van der Waals surface area (Å²) in [6.07, 6.45) is -1.84. The summed E-state index contributed by atoms with van der Waals surface area (Å²) in [5.74, 6) is -5.19. The fourth-order valence-corrected chi connectivity index (χ4v) is 5.27. The van der Waals surface area contributed by atoms with Crippen molar-refractivity contribution in [3.63, 3.8) is 0 Å². The molecule has 3 heterocycles. The number of carbonyl (C=O) groups excluding carboxylic acids is 2. The van der Waals surface area contributed by atoms with Crippen LogP contribution < -0.4 is 11.1 Å². The molecule has 39 heavy (non-hydrogen) atoms. The molecular weight excluding hydrogens is 527 g/mol. The van der Waals surface area contributed by atoms with Crippen LogP contribution in [0, 0.1) is 11.8 Å². The predicted octanol–water partition coefficient (Wildman–Crippen LogP) is 3.81. The van der Waals surface area contributed by atoms with Crippen molar-refractivity contribution >= 4 is 17.5 Å². The van der Waals surface area contributed by atoms with Crippen LogP contribution in [0.3, 0.4) is 0 Å². The maximum atomic E-state index is 13.9. The summed E-state index contributed by atoms with van der Waals surface area (Å²) in [4.78, 5) is 28.9. The third-order valence-electron chi connectivity index (χ3n) is 7.42. The Bertz CT molecular complexity index is 1360. The van der Waals surface area contributed by atoms with Crippen LogP contribution in [0.5, 0.6) is 0 Å². The van der Waals surface area contributed by atoms with Crippen molar-refractivity contribution in [1.82, 2.24) is 35.3 Å². The van der Waals surface area contributed by atoms with E-state index in [1.165, 1.54) is 10.7 Å². The number of alkyl halides is 5. The lowest BCUT2D eigenvalue weighted by molar-refractivity contribution is -0.144. The molecule has 2 fully saturated rings. The Hall–Kier alpha value is -3.65. The van der Waals surface area contributed by atoms with Crippen molar-refractivity contribution in [2.75, 3.05) is 0 Å². The van der Waals surface area contributed by atoms with Gasteiger partial charge in [-0.2, -0.15) is 33.7 Å². The van der Waals surface area contributed by atoms with Crippen LogP contribution >= 0.6 is 0 Å². The Morgan fingerprint density at radius 1 is 1.15 bits per heavy atom. The Labute approximate surface area is 218 Å². The molecule has 2 saturated carbocycles. The van der Waals surface area contributed by atoms with Crippen LogP contribution in [0.25, 0.3) is 5.65 Å². The monoisotopic (exact) mass is 554 g/mol. The molecule has 2 amide bonds. The summed E-state index contributed by atoms with van der Waals surface area (Å²) in [6.45, 7) is 0. The second kappa shape index (κ2) is 10.2. The number of rotatable bonds is 9. The molecule has 0 bridgehead atoms. The van der Waals surface area contributed by atoms with E-state index in [4.69, 9.17) is 5.73 Å². The van der Waals surface area contributed by atoms with Crippen LogP contribution in [-0.2, 0) is 4.79 Å². The number of aromatic nitrogens is 6. The third kappa shape index (κ3) is 6.17. The normalized spacial score (nSPS) is 19.6. The van der Waals surface area contributed by atoms with Crippen LogP contribution in [-0.4, -0.2) is 53.9 Å². The van der Waals surface area contributed by atoms with E-state index in [1.54, 1.807) is 12.3 Å². The number of nitrogens with zero attached hydrogens (tertiary/aromatic N) is 5. The van der Waals surface area contributed by atoms with E-state index in [2.05, 4.69) is 30.8 Å². The molecule has 5 rings (SSSR count). The zero-order valence-corrected chi connectivity index (χ0v) is 20.7. The fourth-order valence-electron chi connectivity index (χ4n) is 5.27. The first-order chi connectivity index (χ1) is 18.4. The lowest BCUT2D eigenvalue weighted by Gasteiger charge is -2.32. The number of halogens is 5. The second-order valence-corrected chi connectivity index (χ2v) is 10.3. The number of aromatic amines is 1. The number of amides is 2. The summed E-state index contributed by atoms with van der Waals surface area (Å²) in [6, 6.07) is 1.17. The van der Waals surface area contributed by atoms with Crippen LogP contribution in [0.1, 0.15) is 90.8 Å². The molecule has 0 unspecified atom stereocenters.